The molecule has 2 aromatic rings. The number of rotatable bonds is 2. The lowest BCUT2D eigenvalue weighted by Gasteiger charge is -2.33. The van der Waals surface area contributed by atoms with Crippen LogP contribution in [0.5, 0.6) is 5.75 Å². The van der Waals surface area contributed by atoms with Crippen LogP contribution in [0.4, 0.5) is 5.69 Å². The highest BCUT2D eigenvalue weighted by Crippen LogP contribution is 2.38. The van der Waals surface area contributed by atoms with E-state index in [-0.39, 0.29) is 17.6 Å². The minimum Gasteiger partial charge on any atom is -0.506 e. The molecule has 0 amide bonds. The second-order valence-corrected chi connectivity index (χ2v) is 5.31. The maximum atomic E-state index is 11.8. The molecule has 106 valence electrons. The lowest BCUT2D eigenvalue weighted by Crippen LogP contribution is -2.29. The normalized spacial score (nSPS) is 18.0. The number of aryl methyl sites for hydroxylation is 1. The molecule has 1 aliphatic rings. The van der Waals surface area contributed by atoms with Gasteiger partial charge in [0.2, 0.25) is 0 Å². The van der Waals surface area contributed by atoms with Crippen LogP contribution in [0.3, 0.4) is 0 Å². The molecular weight excluding hydrogens is 262 g/mol. The zero-order valence-electron chi connectivity index (χ0n) is 11.9. The number of phenols is 1. The van der Waals surface area contributed by atoms with Gasteiger partial charge in [0.1, 0.15) is 5.75 Å². The highest BCUT2D eigenvalue weighted by atomic mass is 16.3. The lowest BCUT2D eigenvalue weighted by atomic mass is 9.96. The van der Waals surface area contributed by atoms with Crippen molar-refractivity contribution in [1.82, 2.24) is 0 Å². The Labute approximate surface area is 124 Å². The third-order valence-electron chi connectivity index (χ3n) is 3.74. The number of allylic oxidation sites excluding steroid dienone is 1. The Morgan fingerprint density at radius 1 is 1.14 bits per heavy atom. The summed E-state index contributed by atoms with van der Waals surface area (Å²) in [6.45, 7) is 1.99. The number of anilines is 1. The first kappa shape index (κ1) is 13.4. The summed E-state index contributed by atoms with van der Waals surface area (Å²) < 4.78 is 0. The van der Waals surface area contributed by atoms with Gasteiger partial charge in [0, 0.05) is 12.6 Å². The fourth-order valence-corrected chi connectivity index (χ4v) is 2.67. The summed E-state index contributed by atoms with van der Waals surface area (Å²) in [6.07, 6.45) is 3.74. The molecule has 1 aliphatic heterocycles. The number of hydrogen-bond donors (Lipinski definition) is 1. The molecule has 0 aromatic heterocycles. The fraction of sp³-hybridized carbons (Fsp3) is 0.167. The summed E-state index contributed by atoms with van der Waals surface area (Å²) in [6, 6.07) is 15.3. The van der Waals surface area contributed by atoms with Crippen molar-refractivity contribution in [3.63, 3.8) is 0 Å². The molecule has 1 atom stereocenters. The average Bonchev–Trinajstić information content (AvgIpc) is 2.51. The number of carbonyl (C=O) groups is 1. The average molecular weight is 279 g/mol. The maximum Gasteiger partial charge on any atom is 0.159 e. The lowest BCUT2D eigenvalue weighted by molar-refractivity contribution is -0.115. The van der Waals surface area contributed by atoms with Gasteiger partial charge in [0.15, 0.2) is 5.78 Å². The minimum atomic E-state index is -0.0867. The molecular formula is C18H17NO2. The van der Waals surface area contributed by atoms with Gasteiger partial charge in [-0.2, -0.15) is 0 Å². The van der Waals surface area contributed by atoms with Crippen LogP contribution < -0.4 is 4.90 Å². The molecule has 3 nitrogen and oxygen atoms in total. The van der Waals surface area contributed by atoms with E-state index in [4.69, 9.17) is 0 Å². The van der Waals surface area contributed by atoms with E-state index in [1.54, 1.807) is 18.3 Å². The summed E-state index contributed by atoms with van der Waals surface area (Å²) >= 11 is 0. The van der Waals surface area contributed by atoms with Crippen molar-refractivity contribution in [1.29, 1.82) is 0 Å². The molecule has 3 rings (SSSR count). The van der Waals surface area contributed by atoms with E-state index >= 15 is 0 Å². The van der Waals surface area contributed by atoms with Crippen molar-refractivity contribution in [2.24, 2.45) is 0 Å². The maximum absolute atomic E-state index is 11.8. The second kappa shape index (κ2) is 5.44. The first-order valence-corrected chi connectivity index (χ1v) is 6.99. The van der Waals surface area contributed by atoms with Gasteiger partial charge >= 0.3 is 0 Å². The Kier molecular flexibility index (Phi) is 3.48. The van der Waals surface area contributed by atoms with Crippen LogP contribution in [0.1, 0.15) is 23.6 Å². The Bertz CT molecular complexity index is 692. The summed E-state index contributed by atoms with van der Waals surface area (Å²) in [5, 5.41) is 10.2. The van der Waals surface area contributed by atoms with Crippen LogP contribution in [0.2, 0.25) is 0 Å². The monoisotopic (exact) mass is 279 g/mol. The van der Waals surface area contributed by atoms with Crippen LogP contribution in [0, 0.1) is 6.92 Å². The molecule has 0 aliphatic carbocycles. The third-order valence-corrected chi connectivity index (χ3v) is 3.74. The van der Waals surface area contributed by atoms with Crippen molar-refractivity contribution in [3.8, 4) is 5.75 Å². The van der Waals surface area contributed by atoms with E-state index in [9.17, 15) is 9.90 Å². The highest BCUT2D eigenvalue weighted by molar-refractivity contribution is 5.92. The van der Waals surface area contributed by atoms with Gasteiger partial charge in [0.05, 0.1) is 11.7 Å². The van der Waals surface area contributed by atoms with Crippen LogP contribution in [-0.4, -0.2) is 10.9 Å². The topological polar surface area (TPSA) is 40.5 Å². The number of carbonyl (C=O) groups excluding carboxylic acids is 1. The minimum absolute atomic E-state index is 0.0867. The molecule has 1 N–H and O–H groups in total. The zero-order chi connectivity index (χ0) is 14.8. The van der Waals surface area contributed by atoms with Gasteiger partial charge in [-0.1, -0.05) is 36.4 Å². The largest absolute Gasteiger partial charge is 0.506 e. The number of benzene rings is 2. The number of phenolic OH excluding ortho intramolecular Hbond substituents is 1. The van der Waals surface area contributed by atoms with Gasteiger partial charge in [0.25, 0.3) is 0 Å². The van der Waals surface area contributed by atoms with E-state index in [1.165, 1.54) is 0 Å². The molecule has 0 bridgehead atoms. The molecule has 3 heteroatoms. The van der Waals surface area contributed by atoms with Gasteiger partial charge in [-0.3, -0.25) is 4.79 Å². The second-order valence-electron chi connectivity index (χ2n) is 5.31. The van der Waals surface area contributed by atoms with Crippen LogP contribution in [0.25, 0.3) is 0 Å². The Hall–Kier alpha value is -2.55. The van der Waals surface area contributed by atoms with E-state index in [2.05, 4.69) is 0 Å². The predicted molar refractivity (Wildman–Crippen MR) is 83.3 cm³/mol. The molecule has 0 saturated heterocycles. The molecule has 0 saturated carbocycles. The zero-order valence-corrected chi connectivity index (χ0v) is 11.9. The quantitative estimate of drug-likeness (QED) is 0.910. The number of aromatic hydroxyl groups is 1. The molecule has 0 radical (unpaired) electrons. The first-order chi connectivity index (χ1) is 10.1. The third kappa shape index (κ3) is 2.68. The van der Waals surface area contributed by atoms with Gasteiger partial charge in [-0.15, -0.1) is 0 Å². The Morgan fingerprint density at radius 3 is 2.67 bits per heavy atom. The van der Waals surface area contributed by atoms with Gasteiger partial charge < -0.3 is 10.0 Å². The van der Waals surface area contributed by atoms with Crippen molar-refractivity contribution in [3.05, 3.63) is 71.9 Å². The standard InChI is InChI=1S/C18H17NO2/c1-13-7-8-18(21)17(11-13)19-10-9-15(20)12-16(19)14-5-3-2-4-6-14/h2-11,16,21H,12H2,1H3. The van der Waals surface area contributed by atoms with Gasteiger partial charge in [-0.25, -0.2) is 0 Å². The van der Waals surface area contributed by atoms with E-state index < -0.39 is 0 Å². The fourth-order valence-electron chi connectivity index (χ4n) is 2.67. The van der Waals surface area contributed by atoms with E-state index in [0.717, 1.165) is 16.8 Å². The summed E-state index contributed by atoms with van der Waals surface area (Å²) in [5.41, 5.74) is 2.86. The van der Waals surface area contributed by atoms with Crippen LogP contribution in [0.15, 0.2) is 60.8 Å². The Morgan fingerprint density at radius 2 is 1.90 bits per heavy atom. The molecule has 2 aromatic carbocycles. The smallest absolute Gasteiger partial charge is 0.159 e. The number of hydrogen-bond acceptors (Lipinski definition) is 3. The molecule has 0 fully saturated rings. The number of ketones is 1. The summed E-state index contributed by atoms with van der Waals surface area (Å²) in [4.78, 5) is 13.8. The molecule has 1 heterocycles. The summed E-state index contributed by atoms with van der Waals surface area (Å²) in [5.74, 6) is 0.327. The SMILES string of the molecule is Cc1ccc(O)c(N2C=CC(=O)CC2c2ccccc2)c1. The van der Waals surface area contributed by atoms with Gasteiger partial charge in [-0.05, 0) is 36.3 Å². The van der Waals surface area contributed by atoms with Crippen molar-refractivity contribution in [2.75, 3.05) is 4.90 Å². The van der Waals surface area contributed by atoms with Crippen LogP contribution in [-0.2, 0) is 4.79 Å². The first-order valence-electron chi connectivity index (χ1n) is 6.99. The molecule has 1 unspecified atom stereocenters. The van der Waals surface area contributed by atoms with Crippen molar-refractivity contribution >= 4 is 11.5 Å². The van der Waals surface area contributed by atoms with Crippen LogP contribution >= 0.6 is 0 Å². The van der Waals surface area contributed by atoms with Crippen molar-refractivity contribution in [2.45, 2.75) is 19.4 Å². The van der Waals surface area contributed by atoms with E-state index in [1.807, 2.05) is 54.3 Å². The molecule has 21 heavy (non-hydrogen) atoms. The number of nitrogens with zero attached hydrogens (tertiary/aromatic N) is 1. The predicted octanol–water partition coefficient (Wildman–Crippen LogP) is 3.73. The molecule has 0 spiro atoms. The highest BCUT2D eigenvalue weighted by Gasteiger charge is 2.26. The van der Waals surface area contributed by atoms with E-state index in [0.29, 0.717) is 6.42 Å². The Balaban J connectivity index is 2.07. The van der Waals surface area contributed by atoms with Crippen molar-refractivity contribution < 1.29 is 9.90 Å². The summed E-state index contributed by atoms with van der Waals surface area (Å²) in [7, 11) is 0.